The second kappa shape index (κ2) is 6.97. The largest absolute Gasteiger partial charge is 0.396 e. The molecule has 17 heavy (non-hydrogen) atoms. The highest BCUT2D eigenvalue weighted by Crippen LogP contribution is 2.13. The second-order valence-electron chi connectivity index (χ2n) is 5.59. The highest BCUT2D eigenvalue weighted by atomic mass is 16.3. The van der Waals surface area contributed by atoms with E-state index < -0.39 is 0 Å². The Labute approximate surface area is 104 Å². The molecule has 100 valence electrons. The molecule has 3 N–H and O–H groups in total. The van der Waals surface area contributed by atoms with Crippen LogP contribution in [0, 0.1) is 0 Å². The lowest BCUT2D eigenvalue weighted by atomic mass is 9.98. The molecule has 1 aliphatic rings. The van der Waals surface area contributed by atoms with Crippen molar-refractivity contribution in [2.45, 2.75) is 64.0 Å². The number of carbonyl (C=O) groups is 1. The van der Waals surface area contributed by atoms with Crippen LogP contribution in [-0.2, 0) is 4.79 Å². The Kier molecular flexibility index (Phi) is 5.92. The first-order valence-electron chi connectivity index (χ1n) is 6.69. The summed E-state index contributed by atoms with van der Waals surface area (Å²) in [7, 11) is 0. The van der Waals surface area contributed by atoms with Crippen LogP contribution in [0.5, 0.6) is 0 Å². The highest BCUT2D eigenvalue weighted by Gasteiger charge is 2.20. The number of aliphatic hydroxyl groups excluding tert-OH is 1. The van der Waals surface area contributed by atoms with Crippen LogP contribution in [0.25, 0.3) is 0 Å². The summed E-state index contributed by atoms with van der Waals surface area (Å²) in [5, 5.41) is 15.3. The average Bonchev–Trinajstić information content (AvgIpc) is 2.27. The van der Waals surface area contributed by atoms with E-state index in [1.807, 2.05) is 13.8 Å². The van der Waals surface area contributed by atoms with Crippen molar-refractivity contribution < 1.29 is 9.90 Å². The van der Waals surface area contributed by atoms with Crippen LogP contribution in [-0.4, -0.2) is 35.7 Å². The van der Waals surface area contributed by atoms with Gasteiger partial charge in [-0.1, -0.05) is 6.42 Å². The number of nitrogens with one attached hydrogen (secondary N) is 2. The van der Waals surface area contributed by atoms with Crippen molar-refractivity contribution in [2.75, 3.05) is 13.2 Å². The first-order valence-corrected chi connectivity index (χ1v) is 6.69. The van der Waals surface area contributed by atoms with Gasteiger partial charge in [-0.3, -0.25) is 4.79 Å². The Morgan fingerprint density at radius 3 is 2.82 bits per heavy atom. The van der Waals surface area contributed by atoms with E-state index in [-0.39, 0.29) is 18.1 Å². The van der Waals surface area contributed by atoms with E-state index in [0.29, 0.717) is 18.9 Å². The van der Waals surface area contributed by atoms with Gasteiger partial charge in [0, 0.05) is 24.6 Å². The molecule has 0 aromatic rings. The van der Waals surface area contributed by atoms with Gasteiger partial charge >= 0.3 is 0 Å². The zero-order valence-electron chi connectivity index (χ0n) is 11.1. The van der Waals surface area contributed by atoms with Crippen molar-refractivity contribution in [3.8, 4) is 0 Å². The van der Waals surface area contributed by atoms with Gasteiger partial charge in [0.25, 0.3) is 0 Å². The molecule has 0 aromatic heterocycles. The topological polar surface area (TPSA) is 61.4 Å². The van der Waals surface area contributed by atoms with E-state index in [1.165, 1.54) is 19.3 Å². The van der Waals surface area contributed by atoms with Crippen molar-refractivity contribution >= 4 is 5.91 Å². The zero-order chi connectivity index (χ0) is 12.7. The third-order valence-corrected chi connectivity index (χ3v) is 3.35. The second-order valence-corrected chi connectivity index (χ2v) is 5.59. The number of carbonyl (C=O) groups excluding carboxylic acids is 1. The summed E-state index contributed by atoms with van der Waals surface area (Å²) in [6.07, 6.45) is 5.81. The number of amides is 1. The van der Waals surface area contributed by atoms with Gasteiger partial charge in [0.05, 0.1) is 0 Å². The minimum absolute atomic E-state index is 0.0934. The minimum atomic E-state index is -0.300. The van der Waals surface area contributed by atoms with Crippen LogP contribution in [0.4, 0.5) is 0 Å². The van der Waals surface area contributed by atoms with Gasteiger partial charge in [0.2, 0.25) is 5.91 Å². The maximum Gasteiger partial charge on any atom is 0.220 e. The Morgan fingerprint density at radius 2 is 2.24 bits per heavy atom. The molecule has 1 saturated heterocycles. The molecule has 0 aromatic carbocycles. The third-order valence-electron chi connectivity index (χ3n) is 3.35. The van der Waals surface area contributed by atoms with E-state index in [9.17, 15) is 4.79 Å². The smallest absolute Gasteiger partial charge is 0.220 e. The molecule has 1 fully saturated rings. The molecule has 1 atom stereocenters. The van der Waals surface area contributed by atoms with E-state index in [0.717, 1.165) is 13.0 Å². The van der Waals surface area contributed by atoms with Crippen LogP contribution < -0.4 is 10.6 Å². The Balaban J connectivity index is 2.20. The molecule has 0 spiro atoms. The lowest BCUT2D eigenvalue weighted by molar-refractivity contribution is -0.123. The number of piperidine rings is 1. The van der Waals surface area contributed by atoms with E-state index >= 15 is 0 Å². The lowest BCUT2D eigenvalue weighted by Gasteiger charge is -2.27. The third kappa shape index (κ3) is 6.03. The van der Waals surface area contributed by atoms with Gasteiger partial charge in [-0.25, -0.2) is 0 Å². The molecular weight excluding hydrogens is 216 g/mol. The summed E-state index contributed by atoms with van der Waals surface area (Å²) in [6, 6.07) is 0.510. The van der Waals surface area contributed by atoms with Crippen molar-refractivity contribution in [3.63, 3.8) is 0 Å². The number of aliphatic hydroxyl groups is 1. The van der Waals surface area contributed by atoms with Crippen LogP contribution in [0.15, 0.2) is 0 Å². The number of hydrogen-bond acceptors (Lipinski definition) is 3. The first-order chi connectivity index (χ1) is 8.03. The average molecular weight is 242 g/mol. The summed E-state index contributed by atoms with van der Waals surface area (Å²) in [4.78, 5) is 11.8. The summed E-state index contributed by atoms with van der Waals surface area (Å²) < 4.78 is 0. The zero-order valence-corrected chi connectivity index (χ0v) is 11.1. The monoisotopic (exact) mass is 242 g/mol. The SMILES string of the molecule is CC(C)(CCO)NC(=O)CCC1CCCCN1. The predicted molar refractivity (Wildman–Crippen MR) is 68.8 cm³/mol. The molecule has 0 saturated carbocycles. The Hall–Kier alpha value is -0.610. The van der Waals surface area contributed by atoms with Gasteiger partial charge in [-0.05, 0) is 46.1 Å². The molecule has 1 aliphatic heterocycles. The van der Waals surface area contributed by atoms with Gasteiger partial charge in [0.15, 0.2) is 0 Å². The minimum Gasteiger partial charge on any atom is -0.396 e. The summed E-state index contributed by atoms with van der Waals surface area (Å²) in [5.41, 5.74) is -0.300. The standard InChI is InChI=1S/C13H26N2O2/c1-13(2,8-10-16)15-12(17)7-6-11-5-3-4-9-14-11/h11,14,16H,3-10H2,1-2H3,(H,15,17). The van der Waals surface area contributed by atoms with Gasteiger partial charge in [-0.15, -0.1) is 0 Å². The van der Waals surface area contributed by atoms with Crippen LogP contribution in [0.3, 0.4) is 0 Å². The Morgan fingerprint density at radius 1 is 1.47 bits per heavy atom. The maximum absolute atomic E-state index is 11.8. The van der Waals surface area contributed by atoms with E-state index in [2.05, 4.69) is 10.6 Å². The summed E-state index contributed by atoms with van der Waals surface area (Å²) in [6.45, 7) is 5.08. The van der Waals surface area contributed by atoms with Gasteiger partial charge in [0.1, 0.15) is 0 Å². The number of hydrogen-bond donors (Lipinski definition) is 3. The summed E-state index contributed by atoms with van der Waals surface area (Å²) in [5.74, 6) is 0.0934. The van der Waals surface area contributed by atoms with Gasteiger partial charge in [-0.2, -0.15) is 0 Å². The van der Waals surface area contributed by atoms with Crippen molar-refractivity contribution in [1.29, 1.82) is 0 Å². The van der Waals surface area contributed by atoms with Crippen LogP contribution in [0.2, 0.25) is 0 Å². The van der Waals surface area contributed by atoms with E-state index in [4.69, 9.17) is 5.11 Å². The van der Waals surface area contributed by atoms with Crippen molar-refractivity contribution in [3.05, 3.63) is 0 Å². The van der Waals surface area contributed by atoms with Crippen molar-refractivity contribution in [2.24, 2.45) is 0 Å². The molecule has 1 heterocycles. The molecular formula is C13H26N2O2. The van der Waals surface area contributed by atoms with Crippen LogP contribution in [0.1, 0.15) is 52.4 Å². The van der Waals surface area contributed by atoms with E-state index in [1.54, 1.807) is 0 Å². The molecule has 1 rings (SSSR count). The highest BCUT2D eigenvalue weighted by molar-refractivity contribution is 5.76. The maximum atomic E-state index is 11.8. The fourth-order valence-electron chi connectivity index (χ4n) is 2.26. The van der Waals surface area contributed by atoms with Gasteiger partial charge < -0.3 is 15.7 Å². The first kappa shape index (κ1) is 14.5. The normalized spacial score (nSPS) is 21.2. The molecule has 4 heteroatoms. The molecule has 1 unspecified atom stereocenters. The lowest BCUT2D eigenvalue weighted by Crippen LogP contribution is -2.44. The quantitative estimate of drug-likeness (QED) is 0.655. The van der Waals surface area contributed by atoms with Crippen LogP contribution >= 0.6 is 0 Å². The molecule has 0 bridgehead atoms. The predicted octanol–water partition coefficient (Wildman–Crippen LogP) is 1.19. The molecule has 4 nitrogen and oxygen atoms in total. The molecule has 0 aliphatic carbocycles. The Bertz CT molecular complexity index is 236. The molecule has 1 amide bonds. The fourth-order valence-corrected chi connectivity index (χ4v) is 2.26. The number of rotatable bonds is 6. The van der Waals surface area contributed by atoms with Crippen molar-refractivity contribution in [1.82, 2.24) is 10.6 Å². The fraction of sp³-hybridized carbons (Fsp3) is 0.923. The molecule has 0 radical (unpaired) electrons. The summed E-state index contributed by atoms with van der Waals surface area (Å²) >= 11 is 0.